The normalized spacial score (nSPS) is 14.0. The quantitative estimate of drug-likeness (QED) is 0.625. The van der Waals surface area contributed by atoms with Crippen LogP contribution in [0, 0.1) is 0 Å². The molecular formula is C22H23ClN4O3. The van der Waals surface area contributed by atoms with Gasteiger partial charge in [-0.25, -0.2) is 4.98 Å². The standard InChI is InChI=1S/C22H23ClN4O3/c1-29-18-7-4-8-19(30-2)20(18)21(28)25-11-13-26(14-12-25)22-24-9-10-27(22)17-6-3-5-16(23)15-17/h3-10,15H,11-14H2,1-2H3. The van der Waals surface area contributed by atoms with Crippen molar-refractivity contribution in [3.05, 3.63) is 65.4 Å². The van der Waals surface area contributed by atoms with Crippen molar-refractivity contribution in [2.45, 2.75) is 0 Å². The number of halogens is 1. The first-order valence-electron chi connectivity index (χ1n) is 9.67. The Morgan fingerprint density at radius 1 is 1.00 bits per heavy atom. The molecule has 1 aliphatic rings. The van der Waals surface area contributed by atoms with Gasteiger partial charge < -0.3 is 19.3 Å². The smallest absolute Gasteiger partial charge is 0.261 e. The molecule has 156 valence electrons. The number of rotatable bonds is 5. The van der Waals surface area contributed by atoms with Crippen molar-refractivity contribution in [3.63, 3.8) is 0 Å². The maximum atomic E-state index is 13.2. The number of ether oxygens (including phenoxy) is 2. The summed E-state index contributed by atoms with van der Waals surface area (Å²) in [6, 6.07) is 13.0. The molecule has 2 heterocycles. The molecule has 1 aromatic heterocycles. The van der Waals surface area contributed by atoms with Crippen molar-refractivity contribution < 1.29 is 14.3 Å². The number of anilines is 1. The van der Waals surface area contributed by atoms with Gasteiger partial charge in [-0.2, -0.15) is 0 Å². The Morgan fingerprint density at radius 3 is 2.30 bits per heavy atom. The Labute approximate surface area is 180 Å². The second-order valence-electron chi connectivity index (χ2n) is 6.89. The van der Waals surface area contributed by atoms with Gasteiger partial charge in [-0.05, 0) is 30.3 Å². The van der Waals surface area contributed by atoms with Crippen LogP contribution in [-0.4, -0.2) is 60.8 Å². The zero-order chi connectivity index (χ0) is 21.1. The van der Waals surface area contributed by atoms with Crippen molar-refractivity contribution >= 4 is 23.5 Å². The predicted molar refractivity (Wildman–Crippen MR) is 116 cm³/mol. The summed E-state index contributed by atoms with van der Waals surface area (Å²) in [7, 11) is 3.11. The molecule has 0 radical (unpaired) electrons. The van der Waals surface area contributed by atoms with Crippen LogP contribution in [-0.2, 0) is 0 Å². The Hall–Kier alpha value is -3.19. The molecule has 7 nitrogen and oxygen atoms in total. The number of piperazine rings is 1. The molecule has 0 N–H and O–H groups in total. The lowest BCUT2D eigenvalue weighted by molar-refractivity contribution is 0.0739. The molecule has 0 bridgehead atoms. The van der Waals surface area contributed by atoms with Crippen LogP contribution in [0.2, 0.25) is 5.02 Å². The monoisotopic (exact) mass is 426 g/mol. The number of amides is 1. The van der Waals surface area contributed by atoms with Crippen LogP contribution in [0.25, 0.3) is 5.69 Å². The van der Waals surface area contributed by atoms with Crippen molar-refractivity contribution in [2.24, 2.45) is 0 Å². The molecule has 8 heteroatoms. The van der Waals surface area contributed by atoms with Gasteiger partial charge in [0.1, 0.15) is 17.1 Å². The van der Waals surface area contributed by atoms with Crippen LogP contribution in [0.5, 0.6) is 11.5 Å². The molecule has 1 aliphatic heterocycles. The summed E-state index contributed by atoms with van der Waals surface area (Å²) in [6.07, 6.45) is 3.69. The SMILES string of the molecule is COc1cccc(OC)c1C(=O)N1CCN(c2nccn2-c2cccc(Cl)c2)CC1. The maximum absolute atomic E-state index is 13.2. The van der Waals surface area contributed by atoms with Gasteiger partial charge in [0.25, 0.3) is 5.91 Å². The molecule has 30 heavy (non-hydrogen) atoms. The fourth-order valence-corrected chi connectivity index (χ4v) is 3.87. The first-order chi connectivity index (χ1) is 14.6. The number of aromatic nitrogens is 2. The zero-order valence-electron chi connectivity index (χ0n) is 16.9. The molecule has 1 saturated heterocycles. The summed E-state index contributed by atoms with van der Waals surface area (Å²) in [6.45, 7) is 2.48. The van der Waals surface area contributed by atoms with Crippen LogP contribution < -0.4 is 14.4 Å². The number of carbonyl (C=O) groups excluding carboxylic acids is 1. The third-order valence-electron chi connectivity index (χ3n) is 5.20. The number of hydrogen-bond donors (Lipinski definition) is 0. The minimum absolute atomic E-state index is 0.0952. The molecule has 0 spiro atoms. The van der Waals surface area contributed by atoms with Gasteiger partial charge in [0.05, 0.1) is 14.2 Å². The summed E-state index contributed by atoms with van der Waals surface area (Å²) < 4.78 is 12.8. The second kappa shape index (κ2) is 8.67. The molecule has 4 rings (SSSR count). The molecule has 0 saturated carbocycles. The molecular weight excluding hydrogens is 404 g/mol. The first kappa shape index (κ1) is 20.1. The van der Waals surface area contributed by atoms with Gasteiger partial charge in [-0.15, -0.1) is 0 Å². The van der Waals surface area contributed by atoms with Crippen LogP contribution in [0.15, 0.2) is 54.9 Å². The van der Waals surface area contributed by atoms with E-state index in [0.717, 1.165) is 11.6 Å². The highest BCUT2D eigenvalue weighted by Crippen LogP contribution is 2.30. The average molecular weight is 427 g/mol. The number of carbonyl (C=O) groups is 1. The summed E-state index contributed by atoms with van der Waals surface area (Å²) in [5, 5.41) is 0.674. The number of nitrogens with zero attached hydrogens (tertiary/aromatic N) is 4. The van der Waals surface area contributed by atoms with Gasteiger partial charge in [0.2, 0.25) is 5.95 Å². The van der Waals surface area contributed by atoms with Gasteiger partial charge in [0, 0.05) is 49.3 Å². The number of imidazole rings is 1. The minimum atomic E-state index is -0.0952. The van der Waals surface area contributed by atoms with E-state index >= 15 is 0 Å². The molecule has 1 fully saturated rings. The highest BCUT2D eigenvalue weighted by molar-refractivity contribution is 6.30. The number of methoxy groups -OCH3 is 2. The Kier molecular flexibility index (Phi) is 5.81. The lowest BCUT2D eigenvalue weighted by Crippen LogP contribution is -2.49. The van der Waals surface area contributed by atoms with Crippen LogP contribution in [0.4, 0.5) is 5.95 Å². The van der Waals surface area contributed by atoms with E-state index < -0.39 is 0 Å². The lowest BCUT2D eigenvalue weighted by Gasteiger charge is -2.35. The Morgan fingerprint density at radius 2 is 1.67 bits per heavy atom. The van der Waals surface area contributed by atoms with Crippen molar-refractivity contribution in [2.75, 3.05) is 45.3 Å². The first-order valence-corrected chi connectivity index (χ1v) is 10.0. The second-order valence-corrected chi connectivity index (χ2v) is 7.33. The zero-order valence-corrected chi connectivity index (χ0v) is 17.7. The maximum Gasteiger partial charge on any atom is 0.261 e. The van der Waals surface area contributed by atoms with Gasteiger partial charge >= 0.3 is 0 Å². The van der Waals surface area contributed by atoms with Gasteiger partial charge in [0.15, 0.2) is 0 Å². The molecule has 3 aromatic rings. The van der Waals surface area contributed by atoms with Gasteiger partial charge in [-0.1, -0.05) is 23.7 Å². The van der Waals surface area contributed by atoms with E-state index in [2.05, 4.69) is 9.88 Å². The minimum Gasteiger partial charge on any atom is -0.496 e. The van der Waals surface area contributed by atoms with E-state index in [4.69, 9.17) is 21.1 Å². The Bertz CT molecular complexity index is 1020. The fraction of sp³-hybridized carbons (Fsp3) is 0.273. The van der Waals surface area contributed by atoms with Crippen molar-refractivity contribution in [1.29, 1.82) is 0 Å². The van der Waals surface area contributed by atoms with E-state index in [1.54, 1.807) is 32.5 Å². The van der Waals surface area contributed by atoms with E-state index in [-0.39, 0.29) is 5.91 Å². The fourth-order valence-electron chi connectivity index (χ4n) is 3.69. The molecule has 0 aliphatic carbocycles. The van der Waals surface area contributed by atoms with E-state index in [1.165, 1.54) is 0 Å². The molecule has 1 amide bonds. The number of benzene rings is 2. The van der Waals surface area contributed by atoms with E-state index in [1.807, 2.05) is 46.0 Å². The summed E-state index contributed by atoms with van der Waals surface area (Å²) in [4.78, 5) is 21.7. The molecule has 0 atom stereocenters. The van der Waals surface area contributed by atoms with Gasteiger partial charge in [-0.3, -0.25) is 9.36 Å². The third-order valence-corrected chi connectivity index (χ3v) is 5.43. The summed E-state index contributed by atoms with van der Waals surface area (Å²) in [5.74, 6) is 1.76. The highest BCUT2D eigenvalue weighted by atomic mass is 35.5. The topological polar surface area (TPSA) is 59.8 Å². The largest absolute Gasteiger partial charge is 0.496 e. The summed E-state index contributed by atoms with van der Waals surface area (Å²) in [5.41, 5.74) is 1.41. The van der Waals surface area contributed by atoms with E-state index in [0.29, 0.717) is 48.3 Å². The predicted octanol–water partition coefficient (Wildman–Crippen LogP) is 3.51. The average Bonchev–Trinajstić information content (AvgIpc) is 3.28. The van der Waals surface area contributed by atoms with Crippen molar-refractivity contribution in [1.82, 2.24) is 14.5 Å². The van der Waals surface area contributed by atoms with Crippen LogP contribution >= 0.6 is 11.6 Å². The highest BCUT2D eigenvalue weighted by Gasteiger charge is 2.28. The molecule has 2 aromatic carbocycles. The van der Waals surface area contributed by atoms with E-state index in [9.17, 15) is 4.79 Å². The van der Waals surface area contributed by atoms with Crippen LogP contribution in [0.1, 0.15) is 10.4 Å². The van der Waals surface area contributed by atoms with Crippen LogP contribution in [0.3, 0.4) is 0 Å². The summed E-state index contributed by atoms with van der Waals surface area (Å²) >= 11 is 6.15. The Balaban J connectivity index is 1.51. The molecule has 0 unspecified atom stereocenters. The van der Waals surface area contributed by atoms with Crippen molar-refractivity contribution in [3.8, 4) is 17.2 Å². The number of hydrogen-bond acceptors (Lipinski definition) is 5. The lowest BCUT2D eigenvalue weighted by atomic mass is 10.1. The third kappa shape index (κ3) is 3.80.